The van der Waals surface area contributed by atoms with E-state index in [1.807, 2.05) is 13.8 Å². The first kappa shape index (κ1) is 18.6. The molecule has 0 unspecified atom stereocenters. The van der Waals surface area contributed by atoms with Crippen LogP contribution in [-0.4, -0.2) is 18.4 Å². The van der Waals surface area contributed by atoms with Gasteiger partial charge in [-0.25, -0.2) is 23.1 Å². The summed E-state index contributed by atoms with van der Waals surface area (Å²) in [5.74, 6) is 1.20. The van der Waals surface area contributed by atoms with Crippen molar-refractivity contribution in [3.05, 3.63) is 65.2 Å². The molecule has 3 aromatic heterocycles. The van der Waals surface area contributed by atoms with Gasteiger partial charge in [0.05, 0.1) is 23.1 Å². The van der Waals surface area contributed by atoms with Crippen molar-refractivity contribution in [2.45, 2.75) is 25.3 Å². The second-order valence-electron chi connectivity index (χ2n) is 6.24. The molecule has 28 heavy (non-hydrogen) atoms. The van der Waals surface area contributed by atoms with E-state index >= 15 is 0 Å². The zero-order valence-corrected chi connectivity index (χ0v) is 16.9. The summed E-state index contributed by atoms with van der Waals surface area (Å²) in [5.41, 5.74) is 1.75. The Bertz CT molecular complexity index is 1230. The molecule has 1 aromatic carbocycles. The first-order chi connectivity index (χ1) is 13.4. The summed E-state index contributed by atoms with van der Waals surface area (Å²) in [4.78, 5) is 10.9. The SMILES string of the molecule is Cc1sc2ncnc(Nc3cccc(S(=O)(=O)NCc4ccco4)c3)c2c1C. The average molecular weight is 415 g/mol. The lowest BCUT2D eigenvalue weighted by molar-refractivity contribution is 0.498. The van der Waals surface area contributed by atoms with E-state index in [9.17, 15) is 8.42 Å². The number of furan rings is 1. The Morgan fingerprint density at radius 2 is 2.00 bits per heavy atom. The molecule has 3 heterocycles. The van der Waals surface area contributed by atoms with Crippen LogP contribution in [0.1, 0.15) is 16.2 Å². The number of nitrogens with one attached hydrogen (secondary N) is 2. The lowest BCUT2D eigenvalue weighted by atomic mass is 10.2. The van der Waals surface area contributed by atoms with Crippen LogP contribution in [-0.2, 0) is 16.6 Å². The average Bonchev–Trinajstić information content (AvgIpc) is 3.29. The molecule has 0 bridgehead atoms. The lowest BCUT2D eigenvalue weighted by Gasteiger charge is -2.10. The lowest BCUT2D eigenvalue weighted by Crippen LogP contribution is -2.23. The number of aromatic nitrogens is 2. The van der Waals surface area contributed by atoms with Crippen LogP contribution in [0.25, 0.3) is 10.2 Å². The number of benzene rings is 1. The normalized spacial score (nSPS) is 11.8. The Morgan fingerprint density at radius 3 is 2.79 bits per heavy atom. The van der Waals surface area contributed by atoms with Crippen molar-refractivity contribution in [2.24, 2.45) is 0 Å². The molecular weight excluding hydrogens is 396 g/mol. The predicted molar refractivity (Wildman–Crippen MR) is 109 cm³/mol. The monoisotopic (exact) mass is 414 g/mol. The molecule has 0 spiro atoms. The van der Waals surface area contributed by atoms with Crippen molar-refractivity contribution < 1.29 is 12.8 Å². The van der Waals surface area contributed by atoms with Gasteiger partial charge in [-0.1, -0.05) is 6.07 Å². The quantitative estimate of drug-likeness (QED) is 0.492. The van der Waals surface area contributed by atoms with Crippen molar-refractivity contribution in [1.82, 2.24) is 14.7 Å². The number of fused-ring (bicyclic) bond motifs is 1. The summed E-state index contributed by atoms with van der Waals surface area (Å²) in [6.07, 6.45) is 3.01. The Morgan fingerprint density at radius 1 is 1.14 bits per heavy atom. The number of hydrogen-bond acceptors (Lipinski definition) is 7. The van der Waals surface area contributed by atoms with Crippen molar-refractivity contribution in [3.63, 3.8) is 0 Å². The number of hydrogen-bond donors (Lipinski definition) is 2. The molecule has 7 nitrogen and oxygen atoms in total. The van der Waals surface area contributed by atoms with Crippen molar-refractivity contribution in [2.75, 3.05) is 5.32 Å². The Kier molecular flexibility index (Phi) is 4.88. The van der Waals surface area contributed by atoms with Gasteiger partial charge in [0.25, 0.3) is 0 Å². The molecule has 4 aromatic rings. The van der Waals surface area contributed by atoms with Crippen molar-refractivity contribution in [3.8, 4) is 0 Å². The van der Waals surface area contributed by atoms with Gasteiger partial charge in [0.15, 0.2) is 0 Å². The third-order valence-electron chi connectivity index (χ3n) is 4.39. The van der Waals surface area contributed by atoms with Gasteiger partial charge in [-0.3, -0.25) is 0 Å². The Hall–Kier alpha value is -2.75. The van der Waals surface area contributed by atoms with Crippen molar-refractivity contribution in [1.29, 1.82) is 0 Å². The number of sulfonamides is 1. The van der Waals surface area contributed by atoms with E-state index in [0.29, 0.717) is 17.3 Å². The maximum Gasteiger partial charge on any atom is 0.241 e. The van der Waals surface area contributed by atoms with Gasteiger partial charge in [-0.2, -0.15) is 0 Å². The third kappa shape index (κ3) is 3.64. The number of nitrogens with zero attached hydrogens (tertiary/aromatic N) is 2. The second-order valence-corrected chi connectivity index (χ2v) is 9.21. The zero-order valence-electron chi connectivity index (χ0n) is 15.3. The van der Waals surface area contributed by atoms with Gasteiger partial charge in [-0.05, 0) is 49.7 Å². The van der Waals surface area contributed by atoms with Crippen LogP contribution in [0.3, 0.4) is 0 Å². The van der Waals surface area contributed by atoms with E-state index in [1.54, 1.807) is 47.7 Å². The van der Waals surface area contributed by atoms with E-state index in [4.69, 9.17) is 4.42 Å². The smallest absolute Gasteiger partial charge is 0.241 e. The summed E-state index contributed by atoms with van der Waals surface area (Å²) in [6, 6.07) is 10.0. The van der Waals surface area contributed by atoms with Gasteiger partial charge in [0.1, 0.15) is 22.7 Å². The second kappa shape index (κ2) is 7.34. The largest absolute Gasteiger partial charge is 0.468 e. The van der Waals surface area contributed by atoms with E-state index in [1.165, 1.54) is 17.5 Å². The van der Waals surface area contributed by atoms with Crippen LogP contribution in [0.4, 0.5) is 11.5 Å². The fourth-order valence-corrected chi connectivity index (χ4v) is 4.85. The van der Waals surface area contributed by atoms with Crippen LogP contribution in [0.15, 0.2) is 58.3 Å². The Labute approximate surface area is 166 Å². The van der Waals surface area contributed by atoms with Crippen LogP contribution in [0, 0.1) is 13.8 Å². The van der Waals surface area contributed by atoms with Crippen LogP contribution in [0.5, 0.6) is 0 Å². The maximum absolute atomic E-state index is 12.6. The van der Waals surface area contributed by atoms with Crippen molar-refractivity contribution >= 4 is 43.1 Å². The Balaban J connectivity index is 1.61. The topological polar surface area (TPSA) is 97.1 Å². The van der Waals surface area contributed by atoms with Gasteiger partial charge in [-0.15, -0.1) is 11.3 Å². The summed E-state index contributed by atoms with van der Waals surface area (Å²) >= 11 is 1.61. The highest BCUT2D eigenvalue weighted by molar-refractivity contribution is 7.89. The van der Waals surface area contributed by atoms with Gasteiger partial charge >= 0.3 is 0 Å². The van der Waals surface area contributed by atoms with E-state index in [2.05, 4.69) is 20.0 Å². The molecule has 0 amide bonds. The predicted octanol–water partition coefficient (Wildman–Crippen LogP) is 4.12. The molecular formula is C19H18N4O3S2. The minimum Gasteiger partial charge on any atom is -0.468 e. The van der Waals surface area contributed by atoms with Gasteiger partial charge < -0.3 is 9.73 Å². The number of thiophene rings is 1. The molecule has 0 radical (unpaired) electrons. The fraction of sp³-hybridized carbons (Fsp3) is 0.158. The molecule has 0 fully saturated rings. The van der Waals surface area contributed by atoms with Crippen LogP contribution >= 0.6 is 11.3 Å². The molecule has 0 saturated carbocycles. The standard InChI is InChI=1S/C19H18N4O3S2/c1-12-13(2)27-19-17(12)18(20-11-21-19)23-14-5-3-7-16(9-14)28(24,25)22-10-15-6-4-8-26-15/h3-9,11,22H,10H2,1-2H3,(H,20,21,23). The molecule has 0 aliphatic heterocycles. The molecule has 144 valence electrons. The van der Waals surface area contributed by atoms with Crippen LogP contribution in [0.2, 0.25) is 0 Å². The first-order valence-corrected chi connectivity index (χ1v) is 10.8. The summed E-state index contributed by atoms with van der Waals surface area (Å²) in [5, 5.41) is 4.18. The van der Waals surface area contributed by atoms with Gasteiger partial charge in [0.2, 0.25) is 10.0 Å². The summed E-state index contributed by atoms with van der Waals surface area (Å²) in [7, 11) is -3.68. The minimum atomic E-state index is -3.68. The molecule has 2 N–H and O–H groups in total. The van der Waals surface area contributed by atoms with E-state index in [-0.39, 0.29) is 11.4 Å². The van der Waals surface area contributed by atoms with E-state index in [0.717, 1.165) is 15.8 Å². The minimum absolute atomic E-state index is 0.0902. The highest BCUT2D eigenvalue weighted by Crippen LogP contribution is 2.33. The molecule has 4 rings (SSSR count). The number of rotatable bonds is 6. The highest BCUT2D eigenvalue weighted by atomic mass is 32.2. The zero-order chi connectivity index (χ0) is 19.7. The molecule has 0 atom stereocenters. The maximum atomic E-state index is 12.6. The number of anilines is 2. The molecule has 0 aliphatic carbocycles. The molecule has 0 aliphatic rings. The highest BCUT2D eigenvalue weighted by Gasteiger charge is 2.16. The summed E-state index contributed by atoms with van der Waals surface area (Å²) < 4.78 is 32.9. The number of aryl methyl sites for hydroxylation is 2. The fourth-order valence-electron chi connectivity index (χ4n) is 2.82. The first-order valence-electron chi connectivity index (χ1n) is 8.54. The molecule has 9 heteroatoms. The van der Waals surface area contributed by atoms with Gasteiger partial charge in [0, 0.05) is 10.6 Å². The van der Waals surface area contributed by atoms with E-state index < -0.39 is 10.0 Å². The van der Waals surface area contributed by atoms with Crippen LogP contribution < -0.4 is 10.0 Å². The molecule has 0 saturated heterocycles. The third-order valence-corrected chi connectivity index (χ3v) is 6.90. The summed E-state index contributed by atoms with van der Waals surface area (Å²) in [6.45, 7) is 4.17.